The van der Waals surface area contributed by atoms with Gasteiger partial charge in [-0.2, -0.15) is 0 Å². The Hall–Kier alpha value is -0.460. The van der Waals surface area contributed by atoms with Crippen LogP contribution in [0.15, 0.2) is 0 Å². The van der Waals surface area contributed by atoms with Crippen molar-refractivity contribution in [1.29, 1.82) is 0 Å². The summed E-state index contributed by atoms with van der Waals surface area (Å²) in [5, 5.41) is 2.53. The molecule has 8 heteroatoms. The maximum Gasteiger partial charge on any atom is 0.476 e. The van der Waals surface area contributed by atoms with E-state index in [0.717, 1.165) is 6.42 Å². The van der Waals surface area contributed by atoms with Crippen LogP contribution in [0.4, 0.5) is 0 Å². The molecule has 0 aliphatic carbocycles. The first-order valence-corrected chi connectivity index (χ1v) is 9.11. The maximum atomic E-state index is 12.0. The molecule has 0 saturated heterocycles. The van der Waals surface area contributed by atoms with E-state index in [1.165, 1.54) is 0 Å². The van der Waals surface area contributed by atoms with Gasteiger partial charge in [0.05, 0.1) is 27.2 Å². The summed E-state index contributed by atoms with van der Waals surface area (Å²) < 4.78 is 22.7. The van der Waals surface area contributed by atoms with Crippen molar-refractivity contribution >= 4 is 13.7 Å². The first-order valence-electron chi connectivity index (χ1n) is 7.62. The Morgan fingerprint density at radius 1 is 1.23 bits per heavy atom. The van der Waals surface area contributed by atoms with Gasteiger partial charge in [-0.3, -0.25) is 9.32 Å². The Morgan fingerprint density at radius 2 is 1.82 bits per heavy atom. The Bertz CT molecular complexity index is 382. The van der Waals surface area contributed by atoms with Gasteiger partial charge in [0.2, 0.25) is 5.91 Å². The van der Waals surface area contributed by atoms with Crippen LogP contribution < -0.4 is 5.32 Å². The number of rotatable bonds is 11. The van der Waals surface area contributed by atoms with Crippen molar-refractivity contribution in [2.75, 3.05) is 34.9 Å². The lowest BCUT2D eigenvalue weighted by molar-refractivity contribution is -0.887. The van der Waals surface area contributed by atoms with E-state index in [1.807, 2.05) is 21.1 Å². The molecule has 0 aromatic heterocycles. The van der Waals surface area contributed by atoms with Gasteiger partial charge in [-0.1, -0.05) is 13.8 Å². The van der Waals surface area contributed by atoms with Crippen LogP contribution in [0, 0.1) is 5.92 Å². The van der Waals surface area contributed by atoms with Crippen LogP contribution in [-0.2, 0) is 18.4 Å². The molecule has 132 valence electrons. The lowest BCUT2D eigenvalue weighted by Crippen LogP contribution is -2.36. The van der Waals surface area contributed by atoms with Crippen molar-refractivity contribution in [3.8, 4) is 0 Å². The molecule has 0 heterocycles. The molecule has 22 heavy (non-hydrogen) atoms. The number of carbonyl (C=O) groups excluding carboxylic acids is 1. The summed E-state index contributed by atoms with van der Waals surface area (Å²) in [4.78, 5) is 21.2. The minimum atomic E-state index is -4.12. The van der Waals surface area contributed by atoms with Crippen LogP contribution in [0.25, 0.3) is 0 Å². The van der Waals surface area contributed by atoms with E-state index in [1.54, 1.807) is 7.05 Å². The second-order valence-corrected chi connectivity index (χ2v) is 8.33. The molecule has 0 aliphatic rings. The third-order valence-electron chi connectivity index (χ3n) is 2.93. The van der Waals surface area contributed by atoms with E-state index >= 15 is 0 Å². The fraction of sp³-hybridized carbons (Fsp3) is 0.929. The zero-order chi connectivity index (χ0) is 17.4. The largest absolute Gasteiger partial charge is 0.476 e. The molecule has 0 bridgehead atoms. The molecule has 0 radical (unpaired) electrons. The first-order chi connectivity index (χ1) is 9.95. The minimum absolute atomic E-state index is 0.0696. The van der Waals surface area contributed by atoms with Crippen molar-refractivity contribution in [2.45, 2.75) is 45.6 Å². The molecule has 2 unspecified atom stereocenters. The van der Waals surface area contributed by atoms with Gasteiger partial charge in [0.1, 0.15) is 0 Å². The average Bonchev–Trinajstić information content (AvgIpc) is 2.38. The Balaban J connectivity index is 4.57. The smallest absolute Gasteiger partial charge is 0.359 e. The summed E-state index contributed by atoms with van der Waals surface area (Å²) in [5.74, 6) is 0.342. The lowest BCUT2D eigenvalue weighted by Gasteiger charge is -2.26. The number of amides is 1. The summed E-state index contributed by atoms with van der Waals surface area (Å²) in [6, 6.07) is 0. The monoisotopic (exact) mass is 339 g/mol. The maximum absolute atomic E-state index is 12.0. The summed E-state index contributed by atoms with van der Waals surface area (Å²) in [6.45, 7) is 4.21. The average molecular weight is 339 g/mol. The van der Waals surface area contributed by atoms with Gasteiger partial charge in [0.25, 0.3) is 0 Å². The summed E-state index contributed by atoms with van der Waals surface area (Å²) in [5.41, 5.74) is 0. The zero-order valence-electron chi connectivity index (χ0n) is 14.7. The molecule has 0 aromatic rings. The number of hydrogen-bond acceptors (Lipinski definition) is 4. The predicted molar refractivity (Wildman–Crippen MR) is 86.1 cm³/mol. The summed E-state index contributed by atoms with van der Waals surface area (Å²) in [6.07, 6.45) is 1.66. The second-order valence-electron chi connectivity index (χ2n) is 6.93. The van der Waals surface area contributed by atoms with E-state index in [4.69, 9.17) is 9.05 Å². The molecular weight excluding hydrogens is 307 g/mol. The van der Waals surface area contributed by atoms with Crippen molar-refractivity contribution in [2.24, 2.45) is 5.92 Å². The molecule has 0 aromatic carbocycles. The highest BCUT2D eigenvalue weighted by molar-refractivity contribution is 7.47. The molecule has 7 nitrogen and oxygen atoms in total. The molecule has 2 atom stereocenters. The van der Waals surface area contributed by atoms with Gasteiger partial charge < -0.3 is 14.7 Å². The van der Waals surface area contributed by atoms with Crippen molar-refractivity contribution in [3.05, 3.63) is 0 Å². The fourth-order valence-corrected chi connectivity index (χ4v) is 2.79. The van der Waals surface area contributed by atoms with E-state index in [9.17, 15) is 14.3 Å². The first kappa shape index (κ1) is 21.5. The molecule has 2 N–H and O–H groups in total. The Morgan fingerprint density at radius 3 is 2.27 bits per heavy atom. The van der Waals surface area contributed by atoms with Crippen molar-refractivity contribution < 1.29 is 27.8 Å². The van der Waals surface area contributed by atoms with Crippen LogP contribution in [0.5, 0.6) is 0 Å². The quantitative estimate of drug-likeness (QED) is 0.342. The second kappa shape index (κ2) is 9.63. The van der Waals surface area contributed by atoms with E-state index in [2.05, 4.69) is 19.2 Å². The summed E-state index contributed by atoms with van der Waals surface area (Å²) in [7, 11) is 2.99. The predicted octanol–water partition coefficient (Wildman–Crippen LogP) is 2.11. The van der Waals surface area contributed by atoms with Gasteiger partial charge in [-0.15, -0.1) is 0 Å². The molecule has 1 amide bonds. The highest BCUT2D eigenvalue weighted by Crippen LogP contribution is 2.46. The zero-order valence-corrected chi connectivity index (χ0v) is 15.6. The number of quaternary nitrogens is 1. The summed E-state index contributed by atoms with van der Waals surface area (Å²) >= 11 is 0. The van der Waals surface area contributed by atoms with Crippen LogP contribution in [0.1, 0.15) is 39.5 Å². The van der Waals surface area contributed by atoms with E-state index in [0.29, 0.717) is 23.2 Å². The highest BCUT2D eigenvalue weighted by Gasteiger charge is 2.29. The van der Waals surface area contributed by atoms with Gasteiger partial charge >= 0.3 is 7.82 Å². The van der Waals surface area contributed by atoms with Crippen LogP contribution in [0.3, 0.4) is 0 Å². The molecular formula is C14H32N2O5P+. The molecule has 0 rings (SSSR count). The number of nitrogens with zero attached hydrogens (tertiary/aromatic N) is 1. The van der Waals surface area contributed by atoms with Gasteiger partial charge in [-0.25, -0.2) is 9.09 Å². The number of phosphoric acid groups is 1. The number of carbonyl (C=O) groups is 1. The standard InChI is InChI=1S/C14H31N2O5P/c1-12(2)7-8-13(9-10-14(17)15-3)21-22(18,19)20-11-16(4,5)6/h12-13H,7-11H2,1-6H3,(H-,15,17,18,19)/p+1. The highest BCUT2D eigenvalue weighted by atomic mass is 31.2. The Labute approximate surface area is 134 Å². The van der Waals surface area contributed by atoms with E-state index in [-0.39, 0.29) is 19.1 Å². The van der Waals surface area contributed by atoms with E-state index < -0.39 is 13.9 Å². The number of phosphoric ester groups is 1. The third-order valence-corrected chi connectivity index (χ3v) is 3.93. The minimum Gasteiger partial charge on any atom is -0.359 e. The normalized spacial score (nSPS) is 16.4. The molecule has 0 fully saturated rings. The number of hydrogen-bond donors (Lipinski definition) is 2. The molecule has 0 aliphatic heterocycles. The Kier molecular flexibility index (Phi) is 9.43. The fourth-order valence-electron chi connectivity index (χ4n) is 1.65. The molecule has 0 saturated carbocycles. The van der Waals surface area contributed by atoms with Crippen molar-refractivity contribution in [1.82, 2.24) is 5.32 Å². The van der Waals surface area contributed by atoms with Crippen LogP contribution >= 0.6 is 7.82 Å². The van der Waals surface area contributed by atoms with Crippen molar-refractivity contribution in [3.63, 3.8) is 0 Å². The molecule has 0 spiro atoms. The number of nitrogens with one attached hydrogen (secondary N) is 1. The topological polar surface area (TPSA) is 84.9 Å². The lowest BCUT2D eigenvalue weighted by atomic mass is 10.0. The van der Waals surface area contributed by atoms with Gasteiger partial charge in [0.15, 0.2) is 6.73 Å². The van der Waals surface area contributed by atoms with Crippen LogP contribution in [-0.4, -0.2) is 56.3 Å². The van der Waals surface area contributed by atoms with Gasteiger partial charge in [-0.05, 0) is 25.2 Å². The van der Waals surface area contributed by atoms with Crippen LogP contribution in [0.2, 0.25) is 0 Å². The third kappa shape index (κ3) is 12.1. The SMILES string of the molecule is CNC(=O)CCC(CCC(C)C)OP(=O)(O)OC[N+](C)(C)C. The van der Waals surface area contributed by atoms with Gasteiger partial charge in [0, 0.05) is 13.5 Å².